The van der Waals surface area contributed by atoms with Gasteiger partial charge in [0.2, 0.25) is 5.91 Å². The van der Waals surface area contributed by atoms with Crippen molar-refractivity contribution in [1.82, 2.24) is 14.9 Å². The first-order chi connectivity index (χ1) is 9.68. The molecule has 5 heteroatoms. The number of anilines is 1. The van der Waals surface area contributed by atoms with E-state index in [2.05, 4.69) is 14.9 Å². The summed E-state index contributed by atoms with van der Waals surface area (Å²) in [6.07, 6.45) is 3.48. The van der Waals surface area contributed by atoms with Crippen LogP contribution in [0.2, 0.25) is 0 Å². The second kappa shape index (κ2) is 5.07. The summed E-state index contributed by atoms with van der Waals surface area (Å²) in [6, 6.07) is 7.82. The monoisotopic (exact) mass is 270 g/mol. The zero-order valence-corrected chi connectivity index (χ0v) is 11.8. The summed E-state index contributed by atoms with van der Waals surface area (Å²) in [6.45, 7) is 0.866. The predicted molar refractivity (Wildman–Crippen MR) is 78.6 cm³/mol. The lowest BCUT2D eigenvalue weighted by molar-refractivity contribution is -0.129. The van der Waals surface area contributed by atoms with Gasteiger partial charge in [0.1, 0.15) is 18.2 Å². The van der Waals surface area contributed by atoms with Crippen LogP contribution in [-0.4, -0.2) is 47.5 Å². The van der Waals surface area contributed by atoms with E-state index in [1.165, 1.54) is 0 Å². The molecule has 20 heavy (non-hydrogen) atoms. The van der Waals surface area contributed by atoms with Crippen LogP contribution < -0.4 is 4.90 Å². The van der Waals surface area contributed by atoms with Gasteiger partial charge < -0.3 is 9.80 Å². The molecule has 5 nitrogen and oxygen atoms in total. The van der Waals surface area contributed by atoms with Crippen molar-refractivity contribution < 1.29 is 4.79 Å². The van der Waals surface area contributed by atoms with E-state index >= 15 is 0 Å². The van der Waals surface area contributed by atoms with Gasteiger partial charge in [-0.2, -0.15) is 0 Å². The van der Waals surface area contributed by atoms with Gasteiger partial charge in [-0.05, 0) is 25.0 Å². The number of carbonyl (C=O) groups excluding carboxylic acids is 1. The summed E-state index contributed by atoms with van der Waals surface area (Å²) in [5, 5.41) is 1.01. The van der Waals surface area contributed by atoms with Gasteiger partial charge in [0.25, 0.3) is 0 Å². The van der Waals surface area contributed by atoms with Crippen LogP contribution in [0.3, 0.4) is 0 Å². The quantitative estimate of drug-likeness (QED) is 0.833. The summed E-state index contributed by atoms with van der Waals surface area (Å²) < 4.78 is 0. The van der Waals surface area contributed by atoms with E-state index in [1.807, 2.05) is 24.3 Å². The van der Waals surface area contributed by atoms with Crippen molar-refractivity contribution in [3.63, 3.8) is 0 Å². The molecular weight excluding hydrogens is 252 g/mol. The first-order valence-corrected chi connectivity index (χ1v) is 6.86. The van der Waals surface area contributed by atoms with Crippen LogP contribution >= 0.6 is 0 Å². The largest absolute Gasteiger partial charge is 0.347 e. The number of nitrogens with zero attached hydrogens (tertiary/aromatic N) is 4. The maximum absolute atomic E-state index is 12.3. The molecule has 0 radical (unpaired) electrons. The highest BCUT2D eigenvalue weighted by Gasteiger charge is 2.33. The van der Waals surface area contributed by atoms with Crippen molar-refractivity contribution >= 4 is 22.6 Å². The molecular formula is C15H18N4O. The maximum atomic E-state index is 12.3. The SMILES string of the molecule is CN(C)C(=O)C1CCCN1c1ncnc2ccccc12. The second-order valence-corrected chi connectivity index (χ2v) is 5.30. The number of likely N-dealkylation sites (N-methyl/N-ethyl adjacent to an activating group) is 1. The number of carbonyl (C=O) groups is 1. The third kappa shape index (κ3) is 2.09. The lowest BCUT2D eigenvalue weighted by Crippen LogP contribution is -2.43. The van der Waals surface area contributed by atoms with Crippen molar-refractivity contribution in [3.8, 4) is 0 Å². The van der Waals surface area contributed by atoms with Gasteiger partial charge in [-0.3, -0.25) is 4.79 Å². The molecule has 1 aliphatic rings. The molecule has 1 fully saturated rings. The predicted octanol–water partition coefficient (Wildman–Crippen LogP) is 1.69. The minimum atomic E-state index is -0.108. The Kier molecular flexibility index (Phi) is 3.26. The van der Waals surface area contributed by atoms with Crippen LogP contribution in [0.15, 0.2) is 30.6 Å². The van der Waals surface area contributed by atoms with E-state index in [1.54, 1.807) is 25.3 Å². The number of benzene rings is 1. The van der Waals surface area contributed by atoms with E-state index in [0.717, 1.165) is 36.1 Å². The van der Waals surface area contributed by atoms with E-state index in [9.17, 15) is 4.79 Å². The molecule has 1 amide bonds. The van der Waals surface area contributed by atoms with Crippen molar-refractivity contribution in [1.29, 1.82) is 0 Å². The molecule has 2 heterocycles. The van der Waals surface area contributed by atoms with Crippen LogP contribution in [0, 0.1) is 0 Å². The standard InChI is InChI=1S/C15H18N4O/c1-18(2)15(20)13-8-5-9-19(13)14-11-6-3-4-7-12(11)16-10-17-14/h3-4,6-7,10,13H,5,8-9H2,1-2H3. The molecule has 1 aromatic carbocycles. The van der Waals surface area contributed by atoms with E-state index in [-0.39, 0.29) is 11.9 Å². The third-order valence-electron chi connectivity index (χ3n) is 3.77. The van der Waals surface area contributed by atoms with E-state index in [0.29, 0.717) is 0 Å². The van der Waals surface area contributed by atoms with Gasteiger partial charge in [0, 0.05) is 26.0 Å². The zero-order chi connectivity index (χ0) is 14.1. The fourth-order valence-electron chi connectivity index (χ4n) is 2.79. The van der Waals surface area contributed by atoms with Gasteiger partial charge in [-0.25, -0.2) is 9.97 Å². The fourth-order valence-corrected chi connectivity index (χ4v) is 2.79. The Bertz CT molecular complexity index is 635. The molecule has 1 saturated heterocycles. The van der Waals surface area contributed by atoms with Crippen LogP contribution in [0.5, 0.6) is 0 Å². The second-order valence-electron chi connectivity index (χ2n) is 5.30. The Morgan fingerprint density at radius 3 is 2.90 bits per heavy atom. The highest BCUT2D eigenvalue weighted by molar-refractivity contribution is 5.93. The van der Waals surface area contributed by atoms with E-state index < -0.39 is 0 Å². The fraction of sp³-hybridized carbons (Fsp3) is 0.400. The summed E-state index contributed by atoms with van der Waals surface area (Å²) in [4.78, 5) is 24.8. The van der Waals surface area contributed by atoms with Crippen molar-refractivity contribution in [2.24, 2.45) is 0 Å². The number of rotatable bonds is 2. The van der Waals surface area contributed by atoms with Gasteiger partial charge in [-0.15, -0.1) is 0 Å². The smallest absolute Gasteiger partial charge is 0.244 e. The Hall–Kier alpha value is -2.17. The molecule has 1 aromatic heterocycles. The van der Waals surface area contributed by atoms with Gasteiger partial charge >= 0.3 is 0 Å². The van der Waals surface area contributed by atoms with Crippen LogP contribution in [-0.2, 0) is 4.79 Å². The highest BCUT2D eigenvalue weighted by Crippen LogP contribution is 2.29. The first kappa shape index (κ1) is 12.8. The summed E-state index contributed by atoms with van der Waals surface area (Å²) in [5.74, 6) is 1.01. The summed E-state index contributed by atoms with van der Waals surface area (Å²) in [5.41, 5.74) is 0.917. The molecule has 0 bridgehead atoms. The average Bonchev–Trinajstić information content (AvgIpc) is 2.94. The van der Waals surface area contributed by atoms with Gasteiger partial charge in [-0.1, -0.05) is 12.1 Å². The van der Waals surface area contributed by atoms with Gasteiger partial charge in [0.15, 0.2) is 0 Å². The Morgan fingerprint density at radius 1 is 1.30 bits per heavy atom. The molecule has 1 atom stereocenters. The highest BCUT2D eigenvalue weighted by atomic mass is 16.2. The molecule has 104 valence electrons. The summed E-state index contributed by atoms with van der Waals surface area (Å²) in [7, 11) is 3.60. The lowest BCUT2D eigenvalue weighted by atomic mass is 10.1. The zero-order valence-electron chi connectivity index (χ0n) is 11.8. The van der Waals surface area contributed by atoms with Crippen LogP contribution in [0.4, 0.5) is 5.82 Å². The third-order valence-corrected chi connectivity index (χ3v) is 3.77. The summed E-state index contributed by atoms with van der Waals surface area (Å²) >= 11 is 0. The topological polar surface area (TPSA) is 49.3 Å². The number of amides is 1. The molecule has 0 N–H and O–H groups in total. The molecule has 0 aliphatic carbocycles. The Balaban J connectivity index is 2.04. The van der Waals surface area contributed by atoms with Crippen molar-refractivity contribution in [2.45, 2.75) is 18.9 Å². The van der Waals surface area contributed by atoms with Crippen LogP contribution in [0.1, 0.15) is 12.8 Å². The molecule has 2 aromatic rings. The molecule has 1 aliphatic heterocycles. The molecule has 0 spiro atoms. The normalized spacial score (nSPS) is 18.5. The number of para-hydroxylation sites is 1. The molecule has 3 rings (SSSR count). The number of aromatic nitrogens is 2. The minimum Gasteiger partial charge on any atom is -0.347 e. The minimum absolute atomic E-state index is 0.108. The van der Waals surface area contributed by atoms with E-state index in [4.69, 9.17) is 0 Å². The molecule has 1 unspecified atom stereocenters. The molecule has 0 saturated carbocycles. The Labute approximate surface area is 118 Å². The first-order valence-electron chi connectivity index (χ1n) is 6.86. The lowest BCUT2D eigenvalue weighted by Gasteiger charge is -2.27. The van der Waals surface area contributed by atoms with Crippen LogP contribution in [0.25, 0.3) is 10.9 Å². The van der Waals surface area contributed by atoms with Crippen molar-refractivity contribution in [3.05, 3.63) is 30.6 Å². The Morgan fingerprint density at radius 2 is 2.10 bits per heavy atom. The van der Waals surface area contributed by atoms with Crippen molar-refractivity contribution in [2.75, 3.05) is 25.5 Å². The number of fused-ring (bicyclic) bond motifs is 1. The average molecular weight is 270 g/mol. The van der Waals surface area contributed by atoms with Gasteiger partial charge in [0.05, 0.1) is 5.52 Å². The maximum Gasteiger partial charge on any atom is 0.244 e. The number of hydrogen-bond donors (Lipinski definition) is 0. The number of hydrogen-bond acceptors (Lipinski definition) is 4.